The molecule has 0 atom stereocenters. The summed E-state index contributed by atoms with van der Waals surface area (Å²) in [6.07, 6.45) is 6.71. The summed E-state index contributed by atoms with van der Waals surface area (Å²) in [6.45, 7) is 6.14. The number of hydrogen-bond donors (Lipinski definition) is 0. The Kier molecular flexibility index (Phi) is 3.14. The maximum atomic E-state index is 5.78. The molecular weight excluding hydrogens is 196 g/mol. The molecule has 1 heteroatoms. The van der Waals surface area contributed by atoms with E-state index in [1.165, 1.54) is 16.2 Å². The van der Waals surface area contributed by atoms with Crippen LogP contribution in [0.3, 0.4) is 0 Å². The first kappa shape index (κ1) is 11.0. The fraction of sp³-hybridized carbons (Fsp3) is 0.333. The molecule has 1 aromatic carbocycles. The van der Waals surface area contributed by atoms with Crippen molar-refractivity contribution in [1.82, 2.24) is 0 Å². The fourth-order valence-corrected chi connectivity index (χ4v) is 2.16. The van der Waals surface area contributed by atoms with Crippen molar-refractivity contribution < 1.29 is 4.42 Å². The third-order valence-electron chi connectivity index (χ3n) is 2.83. The van der Waals surface area contributed by atoms with E-state index >= 15 is 0 Å². The maximum absolute atomic E-state index is 5.78. The van der Waals surface area contributed by atoms with Crippen molar-refractivity contribution in [3.8, 4) is 0 Å². The highest BCUT2D eigenvalue weighted by molar-refractivity contribution is 5.82. The van der Waals surface area contributed by atoms with Gasteiger partial charge in [-0.05, 0) is 37.5 Å². The molecule has 3 rings (SSSR count). The third-order valence-corrected chi connectivity index (χ3v) is 2.83. The Hall–Kier alpha value is -1.50. The van der Waals surface area contributed by atoms with Gasteiger partial charge >= 0.3 is 0 Å². The average molecular weight is 214 g/mol. The van der Waals surface area contributed by atoms with E-state index in [-0.39, 0.29) is 0 Å². The molecule has 0 N–H and O–H groups in total. The van der Waals surface area contributed by atoms with Crippen molar-refractivity contribution in [1.29, 1.82) is 0 Å². The van der Waals surface area contributed by atoms with E-state index < -0.39 is 0 Å². The van der Waals surface area contributed by atoms with Gasteiger partial charge in [-0.1, -0.05) is 32.1 Å². The molecule has 0 aliphatic heterocycles. The van der Waals surface area contributed by atoms with Gasteiger partial charge in [0.05, 0.1) is 0 Å². The van der Waals surface area contributed by atoms with Gasteiger partial charge in [0.15, 0.2) is 0 Å². The van der Waals surface area contributed by atoms with E-state index in [9.17, 15) is 0 Å². The van der Waals surface area contributed by atoms with Gasteiger partial charge in [-0.2, -0.15) is 0 Å². The summed E-state index contributed by atoms with van der Waals surface area (Å²) in [6, 6.07) is 6.23. The minimum Gasteiger partial charge on any atom is -0.456 e. The lowest BCUT2D eigenvalue weighted by Gasteiger charge is -1.94. The number of furan rings is 1. The van der Waals surface area contributed by atoms with Crippen LogP contribution in [-0.2, 0) is 0 Å². The van der Waals surface area contributed by atoms with Crippen molar-refractivity contribution in [2.45, 2.75) is 33.6 Å². The summed E-state index contributed by atoms with van der Waals surface area (Å²) in [5, 5.41) is 2.59. The van der Waals surface area contributed by atoms with Crippen molar-refractivity contribution in [2.75, 3.05) is 0 Å². The van der Waals surface area contributed by atoms with Gasteiger partial charge in [0.25, 0.3) is 0 Å². The predicted molar refractivity (Wildman–Crippen MR) is 69.7 cm³/mol. The zero-order chi connectivity index (χ0) is 11.5. The predicted octanol–water partition coefficient (Wildman–Crippen LogP) is 3.12. The van der Waals surface area contributed by atoms with Crippen LogP contribution in [0.15, 0.2) is 22.6 Å². The molecule has 1 aliphatic carbocycles. The van der Waals surface area contributed by atoms with Crippen LogP contribution < -0.4 is 10.6 Å². The Labute approximate surface area is 96.1 Å². The van der Waals surface area contributed by atoms with E-state index in [4.69, 9.17) is 4.42 Å². The number of fused-ring (bicyclic) bond motifs is 3. The largest absolute Gasteiger partial charge is 0.456 e. The summed E-state index contributed by atoms with van der Waals surface area (Å²) in [5.74, 6) is 0. The van der Waals surface area contributed by atoms with Gasteiger partial charge in [-0.25, -0.2) is 0 Å². The lowest BCUT2D eigenvalue weighted by atomic mass is 10.1. The second kappa shape index (κ2) is 4.56. The number of hydrogen-bond acceptors (Lipinski definition) is 1. The minimum atomic E-state index is 1.02. The van der Waals surface area contributed by atoms with Gasteiger partial charge in [-0.15, -0.1) is 0 Å². The molecule has 0 spiro atoms. The maximum Gasteiger partial charge on any atom is 0.135 e. The molecule has 0 saturated carbocycles. The molecule has 0 saturated heterocycles. The molecule has 0 radical (unpaired) electrons. The summed E-state index contributed by atoms with van der Waals surface area (Å²) in [5.41, 5.74) is 3.38. The van der Waals surface area contributed by atoms with Gasteiger partial charge < -0.3 is 4.42 Å². The van der Waals surface area contributed by atoms with Gasteiger partial charge in [0.1, 0.15) is 11.0 Å². The summed E-state index contributed by atoms with van der Waals surface area (Å²) < 4.78 is 5.78. The van der Waals surface area contributed by atoms with Crippen LogP contribution >= 0.6 is 0 Å². The summed E-state index contributed by atoms with van der Waals surface area (Å²) in [4.78, 5) is 0. The molecule has 2 aromatic rings. The average Bonchev–Trinajstić information content (AvgIpc) is 2.71. The quantitative estimate of drug-likeness (QED) is 0.656. The second-order valence-electron chi connectivity index (χ2n) is 3.81. The molecule has 1 aliphatic rings. The number of rotatable bonds is 0. The van der Waals surface area contributed by atoms with E-state index in [1.807, 2.05) is 26.0 Å². The Balaban J connectivity index is 0.000000457. The minimum absolute atomic E-state index is 1.02. The van der Waals surface area contributed by atoms with Crippen LogP contribution in [0.4, 0.5) is 0 Å². The van der Waals surface area contributed by atoms with Crippen molar-refractivity contribution in [3.63, 3.8) is 0 Å². The molecule has 84 valence electrons. The van der Waals surface area contributed by atoms with E-state index in [0.717, 1.165) is 23.8 Å². The van der Waals surface area contributed by atoms with Crippen molar-refractivity contribution in [2.24, 2.45) is 0 Å². The second-order valence-corrected chi connectivity index (χ2v) is 3.81. The normalized spacial score (nSPS) is 13.2. The molecule has 1 aromatic heterocycles. The van der Waals surface area contributed by atoms with Crippen LogP contribution in [0.25, 0.3) is 23.1 Å². The van der Waals surface area contributed by atoms with Crippen molar-refractivity contribution >= 4 is 23.1 Å². The highest BCUT2D eigenvalue weighted by Gasteiger charge is 2.06. The lowest BCUT2D eigenvalue weighted by Crippen LogP contribution is -2.22. The van der Waals surface area contributed by atoms with Crippen LogP contribution in [-0.4, -0.2) is 0 Å². The Bertz CT molecular complexity index is 602. The van der Waals surface area contributed by atoms with Gasteiger partial charge in [0, 0.05) is 10.6 Å². The first-order valence-corrected chi connectivity index (χ1v) is 6.05. The Morgan fingerprint density at radius 1 is 1.06 bits per heavy atom. The Morgan fingerprint density at radius 2 is 1.81 bits per heavy atom. The first-order valence-electron chi connectivity index (χ1n) is 6.05. The smallest absolute Gasteiger partial charge is 0.135 e. The standard InChI is InChI=1S/C13H12O.C2H6/c1-9-5-4-8-12-13(9)10-6-2-3-7-11(10)14-12;1-2/h4-8H,2-3H2,1H3;1-2H3. The number of benzene rings is 1. The molecule has 0 amide bonds. The molecule has 0 unspecified atom stereocenters. The van der Waals surface area contributed by atoms with E-state index in [2.05, 4.69) is 25.1 Å². The summed E-state index contributed by atoms with van der Waals surface area (Å²) >= 11 is 0. The number of aryl methyl sites for hydroxylation is 1. The Morgan fingerprint density at radius 3 is 2.62 bits per heavy atom. The highest BCUT2D eigenvalue weighted by Crippen LogP contribution is 2.14. The van der Waals surface area contributed by atoms with E-state index in [0.29, 0.717) is 0 Å². The SMILES string of the molecule is CC.Cc1cccc2oc3c(c12)=CCCC=3. The molecule has 16 heavy (non-hydrogen) atoms. The first-order chi connectivity index (χ1) is 7.86. The molecule has 1 nitrogen and oxygen atoms in total. The van der Waals surface area contributed by atoms with Gasteiger partial charge in [0.2, 0.25) is 0 Å². The molecule has 1 heterocycles. The van der Waals surface area contributed by atoms with Crippen LogP contribution in [0.1, 0.15) is 32.3 Å². The fourth-order valence-electron chi connectivity index (χ4n) is 2.16. The zero-order valence-electron chi connectivity index (χ0n) is 10.2. The monoisotopic (exact) mass is 214 g/mol. The molecule has 0 fully saturated rings. The van der Waals surface area contributed by atoms with E-state index in [1.54, 1.807) is 0 Å². The lowest BCUT2D eigenvalue weighted by molar-refractivity contribution is 0.571. The molecular formula is C15H18O. The zero-order valence-corrected chi connectivity index (χ0v) is 10.2. The van der Waals surface area contributed by atoms with Crippen molar-refractivity contribution in [3.05, 3.63) is 34.4 Å². The summed E-state index contributed by atoms with van der Waals surface area (Å²) in [7, 11) is 0. The topological polar surface area (TPSA) is 13.1 Å². The van der Waals surface area contributed by atoms with Gasteiger partial charge in [-0.3, -0.25) is 0 Å². The highest BCUT2D eigenvalue weighted by atomic mass is 16.3. The molecule has 0 bridgehead atoms. The van der Waals surface area contributed by atoms with Crippen LogP contribution in [0.2, 0.25) is 0 Å². The third kappa shape index (κ3) is 1.67. The van der Waals surface area contributed by atoms with Crippen LogP contribution in [0.5, 0.6) is 0 Å². The van der Waals surface area contributed by atoms with Crippen LogP contribution in [0, 0.1) is 6.92 Å².